The predicted octanol–water partition coefficient (Wildman–Crippen LogP) is 13.2. The molecule has 0 radical (unpaired) electrons. The van der Waals surface area contributed by atoms with Crippen molar-refractivity contribution in [3.8, 4) is 51.8 Å². The van der Waals surface area contributed by atoms with Gasteiger partial charge in [-0.15, -0.1) is 0 Å². The molecule has 500 valence electrons. The van der Waals surface area contributed by atoms with E-state index in [1.54, 1.807) is 73.6 Å². The number of amides is 2. The van der Waals surface area contributed by atoms with E-state index in [1.165, 1.54) is 62.2 Å². The lowest BCUT2D eigenvalue weighted by Crippen LogP contribution is -2.49. The van der Waals surface area contributed by atoms with Gasteiger partial charge in [0.05, 0.1) is 55.1 Å². The normalized spacial score (nSPS) is 21.7. The minimum Gasteiger partial charge on any atom is -0.478 e. The molecular formula is C75H77F3N12O7. The van der Waals surface area contributed by atoms with Gasteiger partial charge in [-0.25, -0.2) is 62.8 Å². The molecule has 15 rings (SSSR count). The molecular weight excluding hydrogens is 1240 g/mol. The van der Waals surface area contributed by atoms with Crippen molar-refractivity contribution >= 4 is 17.8 Å². The van der Waals surface area contributed by atoms with E-state index < -0.39 is 5.97 Å². The molecule has 6 saturated heterocycles. The van der Waals surface area contributed by atoms with Crippen LogP contribution in [-0.4, -0.2) is 134 Å². The van der Waals surface area contributed by atoms with E-state index in [0.717, 1.165) is 97.6 Å². The molecule has 6 aliphatic heterocycles. The quantitative estimate of drug-likeness (QED) is 0.0971. The number of rotatable bonds is 15. The SMILES string of the molecule is Cc1ccc(-c2ncccn2)c(C(=O)N2C3CC[C@H]2CC[C@@H]3COc2ccc(F)cn2)c1.Cc1ccc(-c2ncccn2)c(C(=O)N2C3CC[C@H]2CC[C@@H]3COc2ccc(F)cn2)c1.Cc1ccc(-c2ncccn2)c(C(=O)O)c1.Fc1ccc(OC[C@H]2CCC3CC[C@@H]2N3)nc1. The zero-order chi connectivity index (χ0) is 67.4. The van der Waals surface area contributed by atoms with Gasteiger partial charge in [0.1, 0.15) is 17.5 Å². The average molecular weight is 1320 g/mol. The van der Waals surface area contributed by atoms with E-state index in [4.69, 9.17) is 19.3 Å². The Labute approximate surface area is 561 Å². The van der Waals surface area contributed by atoms with Crippen molar-refractivity contribution in [3.63, 3.8) is 0 Å². The van der Waals surface area contributed by atoms with Gasteiger partial charge in [-0.3, -0.25) is 9.59 Å². The number of ether oxygens (including phenoxy) is 3. The monoisotopic (exact) mass is 1310 g/mol. The number of carboxylic acids is 1. The molecule has 6 aliphatic rings. The first-order chi connectivity index (χ1) is 47.2. The van der Waals surface area contributed by atoms with Crippen LogP contribution >= 0.6 is 0 Å². The van der Waals surface area contributed by atoms with Crippen molar-refractivity contribution in [2.75, 3.05) is 19.8 Å². The number of benzene rings is 3. The van der Waals surface area contributed by atoms with Crippen LogP contribution in [-0.2, 0) is 0 Å². The van der Waals surface area contributed by atoms with Gasteiger partial charge < -0.3 is 34.4 Å². The van der Waals surface area contributed by atoms with Gasteiger partial charge in [-0.05, 0) is 152 Å². The number of piperidine rings is 3. The number of carbonyl (C=O) groups excluding carboxylic acids is 2. The lowest BCUT2D eigenvalue weighted by molar-refractivity contribution is 0.0396. The first-order valence-electron chi connectivity index (χ1n) is 33.2. The first-order valence-corrected chi connectivity index (χ1v) is 33.2. The summed E-state index contributed by atoms with van der Waals surface area (Å²) in [6.45, 7) is 7.43. The molecule has 6 fully saturated rings. The van der Waals surface area contributed by atoms with E-state index in [0.29, 0.717) is 83.6 Å². The molecule has 97 heavy (non-hydrogen) atoms. The lowest BCUT2D eigenvalue weighted by atomic mass is 9.89. The smallest absolute Gasteiger partial charge is 0.336 e. The molecule has 9 aromatic rings. The average Bonchev–Trinajstić information content (AvgIpc) is 1.77. The van der Waals surface area contributed by atoms with Gasteiger partial charge in [0.2, 0.25) is 17.6 Å². The van der Waals surface area contributed by atoms with Crippen LogP contribution < -0.4 is 19.5 Å². The molecule has 6 aromatic heterocycles. The molecule has 22 heteroatoms. The fraction of sp³-hybridized carbons (Fsp3) is 0.360. The number of hydrogen-bond acceptors (Lipinski definition) is 16. The standard InChI is InChI=1S/2C25H25FN4O2.C13H17FN2O.C12H10N2O2/c2*1-16-3-8-20(24-27-11-2-12-28-24)21(13-16)25(31)30-19-6-4-17(22(30)9-7-19)15-32-23-10-5-18(26)14-29-23;14-10-2-6-13(15-7-10)17-8-9-1-3-11-4-5-12(9)16-11;1-8-3-4-9(10(7-8)12(15)16)11-13-5-2-6-14-11/h2*2-3,5,8,10-14,17,19,22H,4,6-7,9,15H2,1H3;2,6-7,9,11-12,16H,1,3-5,8H2;2-7H,1H3,(H,15,16)/t2*17-,19-,22?;9-,11?,12+;/m111./s1. The molecule has 3 aromatic carbocycles. The number of halogens is 3. The largest absolute Gasteiger partial charge is 0.478 e. The summed E-state index contributed by atoms with van der Waals surface area (Å²) < 4.78 is 56.3. The zero-order valence-electron chi connectivity index (χ0n) is 54.3. The third-order valence-electron chi connectivity index (χ3n) is 19.2. The van der Waals surface area contributed by atoms with Gasteiger partial charge in [-0.2, -0.15) is 0 Å². The highest BCUT2D eigenvalue weighted by Gasteiger charge is 2.47. The third-order valence-corrected chi connectivity index (χ3v) is 19.2. The topological polar surface area (TPSA) is 234 Å². The number of fused-ring (bicyclic) bond motifs is 6. The summed E-state index contributed by atoms with van der Waals surface area (Å²) >= 11 is 0. The Balaban J connectivity index is 0.000000129. The van der Waals surface area contributed by atoms with Crippen LogP contribution in [0.15, 0.2) is 165 Å². The van der Waals surface area contributed by atoms with Crippen molar-refractivity contribution in [2.24, 2.45) is 17.8 Å². The van der Waals surface area contributed by atoms with Crippen molar-refractivity contribution in [3.05, 3.63) is 216 Å². The lowest BCUT2D eigenvalue weighted by Gasteiger charge is -2.40. The number of carboxylic acid groups (broad SMARTS) is 1. The third kappa shape index (κ3) is 16.4. The summed E-state index contributed by atoms with van der Waals surface area (Å²) in [5.41, 5.74) is 6.54. The minimum absolute atomic E-state index is 0.0354. The second-order valence-corrected chi connectivity index (χ2v) is 25.6. The number of aromatic carboxylic acids is 1. The number of hydrogen-bond donors (Lipinski definition) is 2. The van der Waals surface area contributed by atoms with Gasteiger partial charge >= 0.3 is 5.97 Å². The number of aromatic nitrogens is 9. The predicted molar refractivity (Wildman–Crippen MR) is 357 cm³/mol. The highest BCUT2D eigenvalue weighted by Crippen LogP contribution is 2.43. The molecule has 0 spiro atoms. The molecule has 0 aliphatic carbocycles. The van der Waals surface area contributed by atoms with E-state index >= 15 is 0 Å². The maximum absolute atomic E-state index is 13.8. The van der Waals surface area contributed by atoms with Crippen molar-refractivity contribution in [1.29, 1.82) is 0 Å². The number of aryl methyl sites for hydroxylation is 3. The maximum Gasteiger partial charge on any atom is 0.336 e. The van der Waals surface area contributed by atoms with E-state index in [9.17, 15) is 27.6 Å². The van der Waals surface area contributed by atoms with Gasteiger partial charge in [0.15, 0.2) is 17.5 Å². The Bertz CT molecular complexity index is 3960. The molecule has 19 nitrogen and oxygen atoms in total. The summed E-state index contributed by atoms with van der Waals surface area (Å²) in [6, 6.07) is 33.0. The molecule has 12 heterocycles. The van der Waals surface area contributed by atoms with Gasteiger partial charge in [-0.1, -0.05) is 53.1 Å². The van der Waals surface area contributed by atoms with Crippen LogP contribution in [0.2, 0.25) is 0 Å². The van der Waals surface area contributed by atoms with E-state index in [2.05, 4.69) is 60.0 Å². The fourth-order valence-electron chi connectivity index (χ4n) is 14.4. The molecule has 2 N–H and O–H groups in total. The Hall–Kier alpha value is -10.1. The van der Waals surface area contributed by atoms with Crippen molar-refractivity contribution in [1.82, 2.24) is 60.0 Å². The molecule has 9 atom stereocenters. The number of nitrogens with one attached hydrogen (secondary N) is 1. The summed E-state index contributed by atoms with van der Waals surface area (Å²) in [6.07, 6.45) is 26.3. The zero-order valence-corrected chi connectivity index (χ0v) is 54.3. The summed E-state index contributed by atoms with van der Waals surface area (Å²) in [7, 11) is 0. The first kappa shape index (κ1) is 66.9. The van der Waals surface area contributed by atoms with Crippen molar-refractivity contribution in [2.45, 2.75) is 134 Å². The minimum atomic E-state index is -0.967. The Kier molecular flexibility index (Phi) is 21.5. The highest BCUT2D eigenvalue weighted by atomic mass is 19.1. The number of carbonyl (C=O) groups is 3. The van der Waals surface area contributed by atoms with Crippen LogP contribution in [0.3, 0.4) is 0 Å². The molecule has 2 amide bonds. The highest BCUT2D eigenvalue weighted by molar-refractivity contribution is 6.02. The second-order valence-electron chi connectivity index (χ2n) is 25.6. The maximum atomic E-state index is 13.8. The van der Waals surface area contributed by atoms with Gasteiger partial charge in [0, 0.05) is 126 Å². The van der Waals surface area contributed by atoms with Crippen LogP contribution in [0, 0.1) is 56.0 Å². The van der Waals surface area contributed by atoms with Crippen LogP contribution in [0.5, 0.6) is 17.6 Å². The van der Waals surface area contributed by atoms with Crippen molar-refractivity contribution < 1.29 is 46.9 Å². The Morgan fingerprint density at radius 3 is 1.16 bits per heavy atom. The molecule has 3 unspecified atom stereocenters. The van der Waals surface area contributed by atoms with Crippen LogP contribution in [0.1, 0.15) is 125 Å². The van der Waals surface area contributed by atoms with Crippen LogP contribution in [0.4, 0.5) is 13.2 Å². The Morgan fingerprint density at radius 2 is 0.784 bits per heavy atom. The number of nitrogens with zero attached hydrogens (tertiary/aromatic N) is 11. The summed E-state index contributed by atoms with van der Waals surface area (Å²) in [4.78, 5) is 80.4. The molecule has 0 saturated carbocycles. The fourth-order valence-corrected chi connectivity index (χ4v) is 14.4. The van der Waals surface area contributed by atoms with E-state index in [-0.39, 0.29) is 70.8 Å². The summed E-state index contributed by atoms with van der Waals surface area (Å²) in [5.74, 6) is 1.89. The van der Waals surface area contributed by atoms with Gasteiger partial charge in [0.25, 0.3) is 11.8 Å². The Morgan fingerprint density at radius 1 is 0.433 bits per heavy atom. The molecule has 6 bridgehead atoms. The second kappa shape index (κ2) is 31.2. The number of pyridine rings is 3. The summed E-state index contributed by atoms with van der Waals surface area (Å²) in [5, 5.41) is 12.7. The van der Waals surface area contributed by atoms with E-state index in [1.807, 2.05) is 63.2 Å². The van der Waals surface area contributed by atoms with Crippen LogP contribution in [0.25, 0.3) is 34.2 Å².